The highest BCUT2D eigenvalue weighted by Gasteiger charge is 2.44. The number of hydrogen-bond donors (Lipinski definition) is 4. The summed E-state index contributed by atoms with van der Waals surface area (Å²) < 4.78 is 30.1. The Morgan fingerprint density at radius 2 is 1.57 bits per heavy atom. The standard InChI is InChI=1S/C52H61N7O10S/c1-35-48(70-34-55-35)37-16-14-36(15-17-37)30-54-50(63)42-29-41(60)32-58(42)51(64)49(52(2,3)4)56-46(62)33-68-27-26-67-25-24-66-23-22-65-21-20-53-45(61)19-18-39-31-59(40-11-6-5-7-12-40)57-47(39)44-28-38-10-8-9-13-43(38)69-44/h5-19,28,31,34,41-42,49,60H,20-27,29-30,32-33H2,1-4H3,(H,53,61)(H,54,63)(H,56,62)/b19-18+/t41-,42+,49-/m1/s1. The topological polar surface area (TPSA) is 209 Å². The number of β-amino-alcohol motifs (C(OH)–C–C–N with tert-alkyl or cyclic N) is 1. The van der Waals surface area contributed by atoms with Crippen LogP contribution >= 0.6 is 11.3 Å². The third-order valence-electron chi connectivity index (χ3n) is 11.4. The second-order valence-electron chi connectivity index (χ2n) is 17.8. The number of aliphatic hydroxyl groups is 1. The molecule has 1 aliphatic heterocycles. The van der Waals surface area contributed by atoms with Crippen LogP contribution in [0.15, 0.2) is 107 Å². The van der Waals surface area contributed by atoms with E-state index in [1.54, 1.807) is 22.1 Å². The van der Waals surface area contributed by atoms with Gasteiger partial charge in [-0.25, -0.2) is 9.67 Å². The van der Waals surface area contributed by atoms with Crippen molar-refractivity contribution in [1.29, 1.82) is 0 Å². The van der Waals surface area contributed by atoms with Gasteiger partial charge in [0.15, 0.2) is 5.76 Å². The number of likely N-dealkylation sites (tertiary alicyclic amines) is 1. The fraction of sp³-hybridized carbons (Fsp3) is 0.385. The average Bonchev–Trinajstić information content (AvgIpc) is 4.18. The number of nitrogens with zero attached hydrogens (tertiary/aromatic N) is 4. The van der Waals surface area contributed by atoms with E-state index in [1.165, 1.54) is 11.0 Å². The summed E-state index contributed by atoms with van der Waals surface area (Å²) >= 11 is 1.57. The highest BCUT2D eigenvalue weighted by Crippen LogP contribution is 2.31. The largest absolute Gasteiger partial charge is 0.454 e. The fourth-order valence-corrected chi connectivity index (χ4v) is 8.60. The molecule has 3 aromatic heterocycles. The number of nitrogens with one attached hydrogen (secondary N) is 3. The zero-order valence-electron chi connectivity index (χ0n) is 39.9. The van der Waals surface area contributed by atoms with Crippen LogP contribution < -0.4 is 16.0 Å². The SMILES string of the molecule is Cc1ncsc1-c1ccc(CNC(=O)[C@@H]2C[C@@H](O)CN2C(=O)[C@@H](NC(=O)COCCOCCOCCOCCNC(=O)/C=C/c2cn(-c3ccccc3)nc2-c2cc3ccccc3o2)C(C)(C)C)cc1. The number of para-hydroxylation sites is 2. The van der Waals surface area contributed by atoms with Crippen LogP contribution in [-0.2, 0) is 44.7 Å². The van der Waals surface area contributed by atoms with Gasteiger partial charge in [-0.15, -0.1) is 11.3 Å². The second-order valence-corrected chi connectivity index (χ2v) is 18.7. The molecule has 0 bridgehead atoms. The first-order valence-corrected chi connectivity index (χ1v) is 24.2. The number of aromatic nitrogens is 3. The van der Waals surface area contributed by atoms with E-state index in [4.69, 9.17) is 28.5 Å². The van der Waals surface area contributed by atoms with Gasteiger partial charge < -0.3 is 49.3 Å². The van der Waals surface area contributed by atoms with Crippen molar-refractivity contribution in [2.45, 2.75) is 58.8 Å². The molecule has 4 N–H and O–H groups in total. The van der Waals surface area contributed by atoms with E-state index < -0.39 is 35.4 Å². The lowest BCUT2D eigenvalue weighted by molar-refractivity contribution is -0.144. The molecule has 1 saturated heterocycles. The predicted octanol–water partition coefficient (Wildman–Crippen LogP) is 5.72. The number of thiazole rings is 1. The maximum Gasteiger partial charge on any atom is 0.246 e. The number of fused-ring (bicyclic) bond motifs is 1. The molecule has 370 valence electrons. The van der Waals surface area contributed by atoms with Crippen LogP contribution in [0.4, 0.5) is 0 Å². The highest BCUT2D eigenvalue weighted by molar-refractivity contribution is 7.13. The first kappa shape index (κ1) is 51.3. The number of carbonyl (C=O) groups excluding carboxylic acids is 4. The molecule has 4 heterocycles. The van der Waals surface area contributed by atoms with Crippen molar-refractivity contribution in [2.24, 2.45) is 5.41 Å². The van der Waals surface area contributed by atoms with E-state index in [2.05, 4.69) is 20.9 Å². The zero-order valence-corrected chi connectivity index (χ0v) is 40.7. The Labute approximate surface area is 411 Å². The Hall–Kier alpha value is -6.54. The number of aliphatic hydroxyl groups excluding tert-OH is 1. The van der Waals surface area contributed by atoms with Crippen LogP contribution in [0.5, 0.6) is 0 Å². The summed E-state index contributed by atoms with van der Waals surface area (Å²) in [6, 6.07) is 25.4. The summed E-state index contributed by atoms with van der Waals surface area (Å²) in [6.07, 6.45) is 4.25. The van der Waals surface area contributed by atoms with E-state index >= 15 is 0 Å². The Bertz CT molecular complexity index is 2660. The molecule has 4 amide bonds. The summed E-state index contributed by atoms with van der Waals surface area (Å²) in [7, 11) is 0. The molecular formula is C52H61N7O10S. The maximum atomic E-state index is 13.9. The summed E-state index contributed by atoms with van der Waals surface area (Å²) in [5.74, 6) is -1.00. The molecule has 3 aromatic carbocycles. The number of carbonyl (C=O) groups is 4. The van der Waals surface area contributed by atoms with Crippen LogP contribution in [0.25, 0.3) is 44.6 Å². The van der Waals surface area contributed by atoms with Gasteiger partial charge in [-0.2, -0.15) is 5.10 Å². The van der Waals surface area contributed by atoms with E-state index in [0.29, 0.717) is 51.0 Å². The van der Waals surface area contributed by atoms with Gasteiger partial charge in [0, 0.05) is 49.3 Å². The van der Waals surface area contributed by atoms with Gasteiger partial charge in [-0.1, -0.05) is 81.4 Å². The Kier molecular flexibility index (Phi) is 18.2. The molecule has 6 aromatic rings. The third kappa shape index (κ3) is 14.3. The molecule has 3 atom stereocenters. The fourth-order valence-electron chi connectivity index (χ4n) is 7.79. The predicted molar refractivity (Wildman–Crippen MR) is 266 cm³/mol. The molecule has 0 aliphatic carbocycles. The summed E-state index contributed by atoms with van der Waals surface area (Å²) in [4.78, 5) is 59.7. The number of aryl methyl sites for hydroxylation is 1. The van der Waals surface area contributed by atoms with E-state index in [0.717, 1.165) is 43.9 Å². The lowest BCUT2D eigenvalue weighted by Crippen LogP contribution is -2.58. The van der Waals surface area contributed by atoms with Crippen molar-refractivity contribution in [3.8, 4) is 27.6 Å². The van der Waals surface area contributed by atoms with Crippen molar-refractivity contribution in [3.05, 3.63) is 120 Å². The van der Waals surface area contributed by atoms with Crippen molar-refractivity contribution in [2.75, 3.05) is 65.9 Å². The van der Waals surface area contributed by atoms with Gasteiger partial charge >= 0.3 is 0 Å². The number of amides is 4. The van der Waals surface area contributed by atoms with E-state index in [1.807, 2.05) is 124 Å². The molecule has 0 unspecified atom stereocenters. The minimum absolute atomic E-state index is 0.0234. The Morgan fingerprint density at radius 1 is 0.886 bits per heavy atom. The molecule has 0 spiro atoms. The number of furan rings is 1. The van der Waals surface area contributed by atoms with Crippen molar-refractivity contribution < 1.29 is 47.6 Å². The normalized spacial score (nSPS) is 15.4. The maximum absolute atomic E-state index is 13.9. The first-order chi connectivity index (χ1) is 33.8. The number of benzene rings is 3. The number of ether oxygens (including phenoxy) is 4. The first-order valence-electron chi connectivity index (χ1n) is 23.3. The monoisotopic (exact) mass is 975 g/mol. The molecule has 0 saturated carbocycles. The molecule has 1 aliphatic rings. The Balaban J connectivity index is 0.736. The molecule has 7 rings (SSSR count). The zero-order chi connectivity index (χ0) is 49.5. The van der Waals surface area contributed by atoms with Gasteiger partial charge in [0.1, 0.15) is 30.0 Å². The van der Waals surface area contributed by atoms with Crippen LogP contribution in [0.3, 0.4) is 0 Å². The number of hydrogen-bond acceptors (Lipinski definition) is 13. The second kappa shape index (κ2) is 24.8. The highest BCUT2D eigenvalue weighted by atomic mass is 32.1. The van der Waals surface area contributed by atoms with Crippen LogP contribution in [0.2, 0.25) is 0 Å². The molecule has 1 fully saturated rings. The van der Waals surface area contributed by atoms with Crippen molar-refractivity contribution >= 4 is 52.0 Å². The lowest BCUT2D eigenvalue weighted by atomic mass is 9.85. The molecule has 17 nitrogen and oxygen atoms in total. The quantitative estimate of drug-likeness (QED) is 0.0424. The van der Waals surface area contributed by atoms with Crippen molar-refractivity contribution in [1.82, 2.24) is 35.6 Å². The van der Waals surface area contributed by atoms with E-state index in [-0.39, 0.29) is 51.1 Å². The van der Waals surface area contributed by atoms with Crippen LogP contribution in [0, 0.1) is 12.3 Å². The van der Waals surface area contributed by atoms with Gasteiger partial charge in [-0.3, -0.25) is 19.2 Å². The minimum atomic E-state index is -0.974. The summed E-state index contributed by atoms with van der Waals surface area (Å²) in [6.45, 7) is 9.62. The van der Waals surface area contributed by atoms with E-state index in [9.17, 15) is 24.3 Å². The van der Waals surface area contributed by atoms with Gasteiger partial charge in [-0.05, 0) is 53.8 Å². The number of rotatable bonds is 24. The van der Waals surface area contributed by atoms with Gasteiger partial charge in [0.05, 0.1) is 74.1 Å². The Morgan fingerprint density at radius 3 is 2.26 bits per heavy atom. The van der Waals surface area contributed by atoms with Crippen molar-refractivity contribution in [3.63, 3.8) is 0 Å². The minimum Gasteiger partial charge on any atom is -0.454 e. The van der Waals surface area contributed by atoms with Gasteiger partial charge in [0.2, 0.25) is 23.6 Å². The molecule has 0 radical (unpaired) electrons. The lowest BCUT2D eigenvalue weighted by Gasteiger charge is -2.35. The third-order valence-corrected chi connectivity index (χ3v) is 12.4. The van der Waals surface area contributed by atoms with Crippen LogP contribution in [-0.4, -0.2) is 133 Å². The summed E-state index contributed by atoms with van der Waals surface area (Å²) in [5.41, 5.74) is 6.96. The molecule has 18 heteroatoms. The summed E-state index contributed by atoms with van der Waals surface area (Å²) in [5, 5.41) is 24.8. The average molecular weight is 976 g/mol. The smallest absolute Gasteiger partial charge is 0.246 e. The van der Waals surface area contributed by atoms with Gasteiger partial charge in [0.25, 0.3) is 0 Å². The molecular weight excluding hydrogens is 915 g/mol. The van der Waals surface area contributed by atoms with Crippen LogP contribution in [0.1, 0.15) is 44.0 Å². The molecule has 70 heavy (non-hydrogen) atoms.